The van der Waals surface area contributed by atoms with E-state index in [1.165, 1.54) is 16.7 Å². The summed E-state index contributed by atoms with van der Waals surface area (Å²) in [6.45, 7) is 6.17. The van der Waals surface area contributed by atoms with Crippen molar-refractivity contribution in [2.45, 2.75) is 26.4 Å². The Morgan fingerprint density at radius 1 is 0.969 bits per heavy atom. The van der Waals surface area contributed by atoms with E-state index >= 15 is 0 Å². The van der Waals surface area contributed by atoms with Gasteiger partial charge in [0.15, 0.2) is 0 Å². The molecule has 5 heteroatoms. The van der Waals surface area contributed by atoms with Crippen LogP contribution >= 0.6 is 0 Å². The van der Waals surface area contributed by atoms with Crippen LogP contribution in [-0.4, -0.2) is 42.3 Å². The van der Waals surface area contributed by atoms with Crippen molar-refractivity contribution in [3.8, 4) is 5.75 Å². The monoisotopic (exact) mass is 431 g/mol. The Balaban J connectivity index is 1.60. The molecule has 4 rings (SSSR count). The lowest BCUT2D eigenvalue weighted by Crippen LogP contribution is -2.27. The van der Waals surface area contributed by atoms with Gasteiger partial charge in [0.2, 0.25) is 0 Å². The van der Waals surface area contributed by atoms with Gasteiger partial charge in [-0.1, -0.05) is 54.1 Å². The molecule has 1 N–H and O–H groups in total. The number of carbonyl (C=O) groups is 1. The van der Waals surface area contributed by atoms with Crippen LogP contribution in [-0.2, 0) is 24.2 Å². The summed E-state index contributed by atoms with van der Waals surface area (Å²) in [7, 11) is 0. The lowest BCUT2D eigenvalue weighted by molar-refractivity contribution is 0.0695. The fraction of sp³-hybridized carbons (Fsp3) is 0.296. The van der Waals surface area contributed by atoms with Gasteiger partial charge < -0.3 is 14.6 Å². The zero-order valence-electron chi connectivity index (χ0n) is 18.4. The summed E-state index contributed by atoms with van der Waals surface area (Å²) in [5.41, 5.74) is 6.06. The third-order valence-corrected chi connectivity index (χ3v) is 5.63. The molecule has 2 bridgehead atoms. The molecule has 0 spiro atoms. The van der Waals surface area contributed by atoms with Crippen molar-refractivity contribution in [2.24, 2.45) is 0 Å². The van der Waals surface area contributed by atoms with E-state index in [0.717, 1.165) is 30.8 Å². The first kappa shape index (κ1) is 22.1. The first-order valence-electron chi connectivity index (χ1n) is 11.0. The highest BCUT2D eigenvalue weighted by Gasteiger charge is 2.13. The summed E-state index contributed by atoms with van der Waals surface area (Å²) in [6.07, 6.45) is 0.614. The molecule has 1 aliphatic rings. The third kappa shape index (κ3) is 5.96. The third-order valence-electron chi connectivity index (χ3n) is 5.63. The van der Waals surface area contributed by atoms with E-state index in [1.54, 1.807) is 18.2 Å². The number of ether oxygens (including phenoxy) is 2. The van der Waals surface area contributed by atoms with Gasteiger partial charge in [-0.05, 0) is 47.4 Å². The van der Waals surface area contributed by atoms with E-state index in [0.29, 0.717) is 32.0 Å². The normalized spacial score (nSPS) is 15.3. The van der Waals surface area contributed by atoms with Crippen LogP contribution in [0.5, 0.6) is 5.75 Å². The highest BCUT2D eigenvalue weighted by Crippen LogP contribution is 2.25. The molecule has 0 radical (unpaired) electrons. The molecule has 0 atom stereocenters. The standard InChI is InChI=1S/C27H29NO4/c1-20-4-2-6-22(14-20)18-28-10-11-31-12-13-32-26-9-8-24(27(29)30)17-25(26)16-21-5-3-7-23(15-21)19-28/h2-9,14-15,17H,10-13,16,18-19H2,1H3,(H,29,30). The number of nitrogens with zero attached hydrogens (tertiary/aromatic N) is 1. The SMILES string of the molecule is Cc1cccc(CN2CCOCCOc3ccc(C(=O)O)cc3Cc3cccc(c3)C2)c1. The lowest BCUT2D eigenvalue weighted by atomic mass is 10.00. The Kier molecular flexibility index (Phi) is 7.20. The minimum atomic E-state index is -0.934. The quantitative estimate of drug-likeness (QED) is 0.652. The van der Waals surface area contributed by atoms with E-state index in [1.807, 2.05) is 0 Å². The first-order valence-corrected chi connectivity index (χ1v) is 11.0. The number of aromatic carboxylic acids is 1. The largest absolute Gasteiger partial charge is 0.491 e. The van der Waals surface area contributed by atoms with Crippen LogP contribution in [0.15, 0.2) is 66.7 Å². The average Bonchev–Trinajstić information content (AvgIpc) is 2.76. The maximum atomic E-state index is 11.5. The first-order chi connectivity index (χ1) is 15.6. The van der Waals surface area contributed by atoms with Gasteiger partial charge in [0.25, 0.3) is 0 Å². The maximum absolute atomic E-state index is 11.5. The molecule has 5 nitrogen and oxygen atoms in total. The van der Waals surface area contributed by atoms with Crippen LogP contribution in [0.25, 0.3) is 0 Å². The Bertz CT molecular complexity index is 1080. The van der Waals surface area contributed by atoms with Gasteiger partial charge >= 0.3 is 5.97 Å². The molecule has 1 heterocycles. The summed E-state index contributed by atoms with van der Waals surface area (Å²) in [6, 6.07) is 22.2. The number of benzene rings is 3. The van der Waals surface area contributed by atoms with Crippen LogP contribution in [0.3, 0.4) is 0 Å². The smallest absolute Gasteiger partial charge is 0.335 e. The van der Waals surface area contributed by atoms with Crippen LogP contribution in [0.4, 0.5) is 0 Å². The van der Waals surface area contributed by atoms with Gasteiger partial charge in [0, 0.05) is 26.1 Å². The van der Waals surface area contributed by atoms with Gasteiger partial charge in [-0.15, -0.1) is 0 Å². The molecule has 0 amide bonds. The van der Waals surface area contributed by atoms with Crippen LogP contribution < -0.4 is 4.74 Å². The van der Waals surface area contributed by atoms with E-state index in [9.17, 15) is 9.90 Å². The number of carboxylic acids is 1. The van der Waals surface area contributed by atoms with Crippen LogP contribution in [0.2, 0.25) is 0 Å². The summed E-state index contributed by atoms with van der Waals surface area (Å²) in [5.74, 6) is -0.224. The summed E-state index contributed by atoms with van der Waals surface area (Å²) in [4.78, 5) is 13.9. The second-order valence-electron chi connectivity index (χ2n) is 8.28. The summed E-state index contributed by atoms with van der Waals surface area (Å²) >= 11 is 0. The van der Waals surface area contributed by atoms with Crippen LogP contribution in [0, 0.1) is 6.92 Å². The van der Waals surface area contributed by atoms with Gasteiger partial charge in [0.05, 0.1) is 18.8 Å². The van der Waals surface area contributed by atoms with Crippen molar-refractivity contribution in [3.05, 3.63) is 100 Å². The molecule has 166 valence electrons. The molecule has 0 saturated carbocycles. The predicted molar refractivity (Wildman–Crippen MR) is 124 cm³/mol. The number of hydrogen-bond donors (Lipinski definition) is 1. The van der Waals surface area contributed by atoms with Crippen molar-refractivity contribution in [1.29, 1.82) is 0 Å². The van der Waals surface area contributed by atoms with E-state index in [-0.39, 0.29) is 5.56 Å². The minimum Gasteiger partial charge on any atom is -0.491 e. The molecular weight excluding hydrogens is 402 g/mol. The van der Waals surface area contributed by atoms with E-state index in [2.05, 4.69) is 60.4 Å². The fourth-order valence-corrected chi connectivity index (χ4v) is 4.10. The molecule has 3 aromatic carbocycles. The molecule has 0 aliphatic carbocycles. The van der Waals surface area contributed by atoms with Gasteiger partial charge in [-0.3, -0.25) is 4.90 Å². The molecule has 1 aliphatic heterocycles. The molecule has 0 unspecified atom stereocenters. The van der Waals surface area contributed by atoms with E-state index < -0.39 is 5.97 Å². The van der Waals surface area contributed by atoms with Gasteiger partial charge in [-0.25, -0.2) is 4.79 Å². The van der Waals surface area contributed by atoms with Gasteiger partial charge in [0.1, 0.15) is 12.4 Å². The van der Waals surface area contributed by atoms with Crippen molar-refractivity contribution in [2.75, 3.05) is 26.4 Å². The summed E-state index contributed by atoms with van der Waals surface area (Å²) in [5, 5.41) is 9.40. The Labute approximate surface area is 189 Å². The van der Waals surface area contributed by atoms with Crippen molar-refractivity contribution in [3.63, 3.8) is 0 Å². The van der Waals surface area contributed by atoms with E-state index in [4.69, 9.17) is 9.47 Å². The zero-order chi connectivity index (χ0) is 22.3. The summed E-state index contributed by atoms with van der Waals surface area (Å²) < 4.78 is 11.8. The van der Waals surface area contributed by atoms with Crippen molar-refractivity contribution in [1.82, 2.24) is 4.90 Å². The molecule has 0 fully saturated rings. The molecular formula is C27H29NO4. The number of aryl methyl sites for hydroxylation is 1. The molecule has 0 saturated heterocycles. The fourth-order valence-electron chi connectivity index (χ4n) is 4.10. The number of rotatable bonds is 3. The predicted octanol–water partition coefficient (Wildman–Crippen LogP) is 4.70. The second-order valence-corrected chi connectivity index (χ2v) is 8.28. The Morgan fingerprint density at radius 3 is 2.66 bits per heavy atom. The van der Waals surface area contributed by atoms with Crippen LogP contribution in [0.1, 0.15) is 38.2 Å². The second kappa shape index (κ2) is 10.4. The lowest BCUT2D eigenvalue weighted by Gasteiger charge is -2.23. The van der Waals surface area contributed by atoms with Gasteiger partial charge in [-0.2, -0.15) is 0 Å². The van der Waals surface area contributed by atoms with Crippen molar-refractivity contribution >= 4 is 5.97 Å². The Hall–Kier alpha value is -3.15. The topological polar surface area (TPSA) is 59.0 Å². The Morgan fingerprint density at radius 2 is 1.81 bits per heavy atom. The minimum absolute atomic E-state index is 0.269. The zero-order valence-corrected chi connectivity index (χ0v) is 18.4. The highest BCUT2D eigenvalue weighted by atomic mass is 16.5. The average molecular weight is 432 g/mol. The number of carboxylic acid groups (broad SMARTS) is 1. The molecule has 32 heavy (non-hydrogen) atoms. The van der Waals surface area contributed by atoms with Crippen molar-refractivity contribution < 1.29 is 19.4 Å². The molecule has 3 aromatic rings. The molecule has 0 aromatic heterocycles. The maximum Gasteiger partial charge on any atom is 0.335 e. The highest BCUT2D eigenvalue weighted by molar-refractivity contribution is 5.88. The number of hydrogen-bond acceptors (Lipinski definition) is 4. The number of fused-ring (bicyclic) bond motifs is 3.